The van der Waals surface area contributed by atoms with Gasteiger partial charge in [-0.25, -0.2) is 0 Å². The van der Waals surface area contributed by atoms with Crippen LogP contribution in [0.4, 0.5) is 0 Å². The van der Waals surface area contributed by atoms with Gasteiger partial charge in [0.2, 0.25) is 0 Å². The Morgan fingerprint density at radius 2 is 2.20 bits per heavy atom. The van der Waals surface area contributed by atoms with E-state index < -0.39 is 0 Å². The van der Waals surface area contributed by atoms with Crippen LogP contribution in [0.3, 0.4) is 0 Å². The van der Waals surface area contributed by atoms with E-state index in [1.54, 1.807) is 6.20 Å². The molecule has 2 aromatic rings. The monoisotopic (exact) mass is 293 g/mol. The van der Waals surface area contributed by atoms with Gasteiger partial charge in [-0.1, -0.05) is 23.7 Å². The van der Waals surface area contributed by atoms with Gasteiger partial charge in [0.15, 0.2) is 0 Å². The Labute approximate surface area is 124 Å². The van der Waals surface area contributed by atoms with Gasteiger partial charge in [-0.3, -0.25) is 4.68 Å². The van der Waals surface area contributed by atoms with Crippen LogP contribution in [0.25, 0.3) is 0 Å². The lowest BCUT2D eigenvalue weighted by Gasteiger charge is -2.14. The molecule has 4 nitrogen and oxygen atoms in total. The highest BCUT2D eigenvalue weighted by atomic mass is 35.5. The lowest BCUT2D eigenvalue weighted by molar-refractivity contribution is 0.315. The van der Waals surface area contributed by atoms with Crippen molar-refractivity contribution < 1.29 is 4.74 Å². The van der Waals surface area contributed by atoms with E-state index in [9.17, 15) is 0 Å². The number of nitrogens with two attached hydrogens (primary N) is 1. The maximum absolute atomic E-state index is 6.22. The van der Waals surface area contributed by atoms with E-state index in [-0.39, 0.29) is 6.04 Å². The highest BCUT2D eigenvalue weighted by molar-refractivity contribution is 6.32. The van der Waals surface area contributed by atoms with Gasteiger partial charge in [0, 0.05) is 31.4 Å². The van der Waals surface area contributed by atoms with E-state index >= 15 is 0 Å². The number of para-hydroxylation sites is 1. The summed E-state index contributed by atoms with van der Waals surface area (Å²) in [6.07, 6.45) is 3.33. The van der Waals surface area contributed by atoms with E-state index in [0.717, 1.165) is 29.8 Å². The fourth-order valence-electron chi connectivity index (χ4n) is 2.13. The van der Waals surface area contributed by atoms with Crippen molar-refractivity contribution in [2.45, 2.75) is 25.8 Å². The average molecular weight is 294 g/mol. The third kappa shape index (κ3) is 3.74. The van der Waals surface area contributed by atoms with Crippen LogP contribution in [-0.4, -0.2) is 22.4 Å². The van der Waals surface area contributed by atoms with Gasteiger partial charge >= 0.3 is 0 Å². The largest absolute Gasteiger partial charge is 0.491 e. The van der Waals surface area contributed by atoms with Crippen molar-refractivity contribution in [2.24, 2.45) is 12.8 Å². The van der Waals surface area contributed by atoms with Crippen molar-refractivity contribution in [3.8, 4) is 5.75 Å². The Bertz CT molecular complexity index is 566. The van der Waals surface area contributed by atoms with E-state index in [0.29, 0.717) is 11.6 Å². The van der Waals surface area contributed by atoms with Crippen molar-refractivity contribution in [3.63, 3.8) is 0 Å². The normalized spacial score (nSPS) is 12.4. The molecule has 0 spiro atoms. The molecule has 20 heavy (non-hydrogen) atoms. The highest BCUT2D eigenvalue weighted by Gasteiger charge is 2.10. The molecule has 2 rings (SSSR count). The first-order chi connectivity index (χ1) is 9.58. The van der Waals surface area contributed by atoms with Crippen LogP contribution in [0.1, 0.15) is 18.2 Å². The Balaban J connectivity index is 2.03. The third-order valence-corrected chi connectivity index (χ3v) is 3.42. The van der Waals surface area contributed by atoms with E-state index in [1.807, 2.05) is 42.9 Å². The summed E-state index contributed by atoms with van der Waals surface area (Å²) in [4.78, 5) is 0. The van der Waals surface area contributed by atoms with Gasteiger partial charge in [-0.15, -0.1) is 0 Å². The number of halogens is 1. The fourth-order valence-corrected chi connectivity index (χ4v) is 2.38. The minimum Gasteiger partial charge on any atom is -0.491 e. The van der Waals surface area contributed by atoms with Crippen molar-refractivity contribution in [1.82, 2.24) is 9.78 Å². The Morgan fingerprint density at radius 3 is 2.85 bits per heavy atom. The number of benzene rings is 1. The predicted octanol–water partition coefficient (Wildman–Crippen LogP) is 2.58. The lowest BCUT2D eigenvalue weighted by Crippen LogP contribution is -2.18. The molecule has 1 aromatic carbocycles. The zero-order valence-corrected chi connectivity index (χ0v) is 12.6. The second-order valence-electron chi connectivity index (χ2n) is 4.95. The van der Waals surface area contributed by atoms with Gasteiger partial charge in [-0.2, -0.15) is 5.10 Å². The zero-order valence-electron chi connectivity index (χ0n) is 11.8. The van der Waals surface area contributed by atoms with Gasteiger partial charge in [0.05, 0.1) is 11.6 Å². The van der Waals surface area contributed by atoms with Crippen LogP contribution < -0.4 is 10.5 Å². The summed E-state index contributed by atoms with van der Waals surface area (Å²) in [5.41, 5.74) is 8.04. The maximum Gasteiger partial charge on any atom is 0.141 e. The summed E-state index contributed by atoms with van der Waals surface area (Å²) in [6, 6.07) is 7.83. The van der Waals surface area contributed by atoms with Gasteiger partial charge in [0.1, 0.15) is 5.75 Å². The van der Waals surface area contributed by atoms with Crippen molar-refractivity contribution in [1.29, 1.82) is 0 Å². The Hall–Kier alpha value is -1.52. The van der Waals surface area contributed by atoms with E-state index in [2.05, 4.69) is 5.10 Å². The van der Waals surface area contributed by atoms with Crippen LogP contribution in [0.15, 0.2) is 30.5 Å². The molecule has 108 valence electrons. The Morgan fingerprint density at radius 1 is 1.40 bits per heavy atom. The molecule has 0 fully saturated rings. The summed E-state index contributed by atoms with van der Waals surface area (Å²) < 4.78 is 7.71. The minimum absolute atomic E-state index is 0.0768. The van der Waals surface area contributed by atoms with Gasteiger partial charge < -0.3 is 10.5 Å². The molecule has 0 aliphatic carbocycles. The van der Waals surface area contributed by atoms with Crippen LogP contribution in [0, 0.1) is 0 Å². The van der Waals surface area contributed by atoms with Crippen molar-refractivity contribution in [3.05, 3.63) is 46.7 Å². The predicted molar refractivity (Wildman–Crippen MR) is 81.2 cm³/mol. The van der Waals surface area contributed by atoms with Gasteiger partial charge in [0.25, 0.3) is 0 Å². The SMILES string of the molecule is CC(N)Cc1cccc(Cl)c1OCCc1ccnn1C. The first kappa shape index (κ1) is 14.9. The molecule has 1 unspecified atom stereocenters. The summed E-state index contributed by atoms with van der Waals surface area (Å²) >= 11 is 6.22. The third-order valence-electron chi connectivity index (χ3n) is 3.12. The molecule has 5 heteroatoms. The standard InChI is InChI=1S/C15H20ClN3O/c1-11(17)10-12-4-3-5-14(16)15(12)20-9-7-13-6-8-18-19(13)2/h3-6,8,11H,7,9-10,17H2,1-2H3. The second-order valence-corrected chi connectivity index (χ2v) is 5.36. The molecule has 0 aliphatic heterocycles. The zero-order chi connectivity index (χ0) is 14.5. The number of hydrogen-bond donors (Lipinski definition) is 1. The first-order valence-electron chi connectivity index (χ1n) is 6.70. The second kappa shape index (κ2) is 6.77. The number of hydrogen-bond acceptors (Lipinski definition) is 3. The minimum atomic E-state index is 0.0768. The number of rotatable bonds is 6. The van der Waals surface area contributed by atoms with Crippen LogP contribution in [-0.2, 0) is 19.9 Å². The quantitative estimate of drug-likeness (QED) is 0.890. The molecular formula is C15H20ClN3O. The van der Waals surface area contributed by atoms with Crippen LogP contribution in [0.5, 0.6) is 5.75 Å². The summed E-state index contributed by atoms with van der Waals surface area (Å²) in [6.45, 7) is 2.54. The van der Waals surface area contributed by atoms with Crippen molar-refractivity contribution >= 4 is 11.6 Å². The summed E-state index contributed by atoms with van der Waals surface area (Å²) in [5.74, 6) is 0.744. The smallest absolute Gasteiger partial charge is 0.141 e. The molecule has 0 saturated carbocycles. The number of aryl methyl sites for hydroxylation is 1. The average Bonchev–Trinajstić information content (AvgIpc) is 2.78. The van der Waals surface area contributed by atoms with Crippen LogP contribution in [0.2, 0.25) is 5.02 Å². The molecular weight excluding hydrogens is 274 g/mol. The highest BCUT2D eigenvalue weighted by Crippen LogP contribution is 2.29. The maximum atomic E-state index is 6.22. The molecule has 0 bridgehead atoms. The molecule has 1 heterocycles. The van der Waals surface area contributed by atoms with E-state index in [1.165, 1.54) is 0 Å². The van der Waals surface area contributed by atoms with E-state index in [4.69, 9.17) is 22.1 Å². The first-order valence-corrected chi connectivity index (χ1v) is 7.08. The molecule has 1 aromatic heterocycles. The number of nitrogens with zero attached hydrogens (tertiary/aromatic N) is 2. The Kier molecular flexibility index (Phi) is 5.04. The number of ether oxygens (including phenoxy) is 1. The lowest BCUT2D eigenvalue weighted by atomic mass is 10.1. The fraction of sp³-hybridized carbons (Fsp3) is 0.400. The van der Waals surface area contributed by atoms with Crippen LogP contribution >= 0.6 is 11.6 Å². The topological polar surface area (TPSA) is 53.1 Å². The van der Waals surface area contributed by atoms with Gasteiger partial charge in [-0.05, 0) is 31.0 Å². The summed E-state index contributed by atoms with van der Waals surface area (Å²) in [5, 5.41) is 4.77. The molecule has 2 N–H and O–H groups in total. The molecule has 0 aliphatic rings. The molecule has 0 radical (unpaired) electrons. The molecule has 0 saturated heterocycles. The number of aromatic nitrogens is 2. The summed E-state index contributed by atoms with van der Waals surface area (Å²) in [7, 11) is 1.92. The molecule has 0 amide bonds. The molecule has 1 atom stereocenters. The van der Waals surface area contributed by atoms with Crippen molar-refractivity contribution in [2.75, 3.05) is 6.61 Å².